The van der Waals surface area contributed by atoms with E-state index in [1.54, 1.807) is 12.1 Å². The van der Waals surface area contributed by atoms with Gasteiger partial charge in [-0.1, -0.05) is 6.07 Å². The predicted molar refractivity (Wildman–Crippen MR) is 73.3 cm³/mol. The smallest absolute Gasteiger partial charge is 0.358 e. The monoisotopic (exact) mass is 287 g/mol. The number of nitrogens with one attached hydrogen (secondary N) is 1. The van der Waals surface area contributed by atoms with Crippen LogP contribution in [0.15, 0.2) is 30.3 Å². The Hall–Kier alpha value is -2.83. The van der Waals surface area contributed by atoms with Crippen LogP contribution in [-0.2, 0) is 11.3 Å². The van der Waals surface area contributed by atoms with Crippen molar-refractivity contribution in [3.63, 3.8) is 0 Å². The minimum atomic E-state index is -0.509. The predicted octanol–water partition coefficient (Wildman–Crippen LogP) is 1.60. The molecule has 7 nitrogen and oxygen atoms in total. The van der Waals surface area contributed by atoms with Crippen molar-refractivity contribution in [1.82, 2.24) is 10.2 Å². The first kappa shape index (κ1) is 13.2. The Kier molecular flexibility index (Phi) is 3.55. The topological polar surface area (TPSA) is 82.6 Å². The first-order valence-corrected chi connectivity index (χ1v) is 6.31. The number of carbonyl (C=O) groups is 1. The van der Waals surface area contributed by atoms with Crippen molar-refractivity contribution in [2.24, 2.45) is 0 Å². The molecule has 0 fully saturated rings. The minimum Gasteiger partial charge on any atom is -0.464 e. The van der Waals surface area contributed by atoms with E-state index in [2.05, 4.69) is 20.3 Å². The van der Waals surface area contributed by atoms with Crippen molar-refractivity contribution in [2.75, 3.05) is 19.2 Å². The number of anilines is 1. The second-order valence-corrected chi connectivity index (χ2v) is 4.34. The summed E-state index contributed by atoms with van der Waals surface area (Å²) in [6, 6.07) is 8.95. The standard InChI is InChI=1S/C14H13N3O4/c1-19-14(18)10-3-5-13(17-16-10)15-7-9-2-4-11-12(6-9)21-8-20-11/h2-6H,7-8H2,1H3,(H,15,17). The van der Waals surface area contributed by atoms with E-state index in [-0.39, 0.29) is 12.5 Å². The zero-order chi connectivity index (χ0) is 14.7. The number of esters is 1. The molecule has 108 valence electrons. The van der Waals surface area contributed by atoms with Gasteiger partial charge in [0.1, 0.15) is 5.82 Å². The average Bonchev–Trinajstić information content (AvgIpc) is 3.00. The van der Waals surface area contributed by atoms with Crippen molar-refractivity contribution < 1.29 is 19.0 Å². The van der Waals surface area contributed by atoms with Crippen LogP contribution < -0.4 is 14.8 Å². The van der Waals surface area contributed by atoms with Crippen LogP contribution in [-0.4, -0.2) is 30.1 Å². The summed E-state index contributed by atoms with van der Waals surface area (Å²) in [7, 11) is 1.30. The molecule has 1 aromatic carbocycles. The molecule has 7 heteroatoms. The first-order valence-electron chi connectivity index (χ1n) is 6.31. The molecule has 1 aromatic heterocycles. The van der Waals surface area contributed by atoms with Crippen LogP contribution in [0, 0.1) is 0 Å². The molecular formula is C14H13N3O4. The van der Waals surface area contributed by atoms with Gasteiger partial charge in [-0.3, -0.25) is 0 Å². The minimum absolute atomic E-state index is 0.172. The quantitative estimate of drug-likeness (QED) is 0.855. The third-order valence-electron chi connectivity index (χ3n) is 2.97. The number of hydrogen-bond donors (Lipinski definition) is 1. The molecule has 0 aliphatic carbocycles. The van der Waals surface area contributed by atoms with Gasteiger partial charge in [-0.05, 0) is 29.8 Å². The lowest BCUT2D eigenvalue weighted by Gasteiger charge is -2.06. The van der Waals surface area contributed by atoms with Gasteiger partial charge >= 0.3 is 5.97 Å². The lowest BCUT2D eigenvalue weighted by molar-refractivity contribution is 0.0592. The van der Waals surface area contributed by atoms with E-state index in [1.807, 2.05) is 18.2 Å². The molecule has 0 bridgehead atoms. The van der Waals surface area contributed by atoms with Gasteiger partial charge in [-0.25, -0.2) is 4.79 Å². The molecule has 0 unspecified atom stereocenters. The van der Waals surface area contributed by atoms with Gasteiger partial charge in [-0.15, -0.1) is 10.2 Å². The molecule has 0 spiro atoms. The zero-order valence-electron chi connectivity index (χ0n) is 11.3. The molecule has 1 aliphatic heterocycles. The number of benzene rings is 1. The maximum atomic E-state index is 11.2. The Balaban J connectivity index is 1.63. The second kappa shape index (κ2) is 5.66. The summed E-state index contributed by atoms with van der Waals surface area (Å²) in [6.45, 7) is 0.815. The molecular weight excluding hydrogens is 274 g/mol. The highest BCUT2D eigenvalue weighted by molar-refractivity contribution is 5.86. The number of aromatic nitrogens is 2. The highest BCUT2D eigenvalue weighted by Gasteiger charge is 2.13. The van der Waals surface area contributed by atoms with Crippen LogP contribution in [0.5, 0.6) is 11.5 Å². The molecule has 3 rings (SSSR count). The number of carbonyl (C=O) groups excluding carboxylic acids is 1. The number of ether oxygens (including phenoxy) is 3. The van der Waals surface area contributed by atoms with Gasteiger partial charge in [0.25, 0.3) is 0 Å². The molecule has 2 aromatic rings. The lowest BCUT2D eigenvalue weighted by Crippen LogP contribution is -2.08. The summed E-state index contributed by atoms with van der Waals surface area (Å²) in [5.74, 6) is 1.55. The average molecular weight is 287 g/mol. The highest BCUT2D eigenvalue weighted by Crippen LogP contribution is 2.32. The van der Waals surface area contributed by atoms with Gasteiger partial charge in [0.2, 0.25) is 6.79 Å². The fourth-order valence-corrected chi connectivity index (χ4v) is 1.88. The van der Waals surface area contributed by atoms with Gasteiger partial charge in [-0.2, -0.15) is 0 Å². The summed E-state index contributed by atoms with van der Waals surface area (Å²) in [5.41, 5.74) is 1.20. The lowest BCUT2D eigenvalue weighted by atomic mass is 10.2. The van der Waals surface area contributed by atoms with Gasteiger partial charge in [0.15, 0.2) is 17.2 Å². The Labute approximate surface area is 120 Å². The summed E-state index contributed by atoms with van der Waals surface area (Å²) < 4.78 is 15.1. The maximum Gasteiger partial charge on any atom is 0.358 e. The largest absolute Gasteiger partial charge is 0.464 e. The maximum absolute atomic E-state index is 11.2. The summed E-state index contributed by atoms with van der Waals surface area (Å²) in [6.07, 6.45) is 0. The second-order valence-electron chi connectivity index (χ2n) is 4.34. The molecule has 2 heterocycles. The molecule has 0 saturated carbocycles. The fourth-order valence-electron chi connectivity index (χ4n) is 1.88. The van der Waals surface area contributed by atoms with Crippen LogP contribution >= 0.6 is 0 Å². The number of fused-ring (bicyclic) bond motifs is 1. The van der Waals surface area contributed by atoms with E-state index in [0.29, 0.717) is 12.4 Å². The van der Waals surface area contributed by atoms with E-state index < -0.39 is 5.97 Å². The zero-order valence-corrected chi connectivity index (χ0v) is 11.3. The van der Waals surface area contributed by atoms with Crippen molar-refractivity contribution in [1.29, 1.82) is 0 Å². The third-order valence-corrected chi connectivity index (χ3v) is 2.97. The Morgan fingerprint density at radius 1 is 1.24 bits per heavy atom. The summed E-state index contributed by atoms with van der Waals surface area (Å²) in [4.78, 5) is 11.2. The number of methoxy groups -OCH3 is 1. The van der Waals surface area contributed by atoms with Gasteiger partial charge in [0, 0.05) is 6.54 Å². The van der Waals surface area contributed by atoms with E-state index in [9.17, 15) is 4.79 Å². The van der Waals surface area contributed by atoms with Gasteiger partial charge < -0.3 is 19.5 Å². The van der Waals surface area contributed by atoms with Gasteiger partial charge in [0.05, 0.1) is 7.11 Å². The Morgan fingerprint density at radius 3 is 2.86 bits per heavy atom. The SMILES string of the molecule is COC(=O)c1ccc(NCc2ccc3c(c2)OCO3)nn1. The van der Waals surface area contributed by atoms with Crippen LogP contribution in [0.3, 0.4) is 0 Å². The molecule has 1 aliphatic rings. The van der Waals surface area contributed by atoms with Crippen LogP contribution in [0.25, 0.3) is 0 Å². The van der Waals surface area contributed by atoms with E-state index >= 15 is 0 Å². The normalized spacial score (nSPS) is 12.0. The summed E-state index contributed by atoms with van der Waals surface area (Å²) in [5, 5.41) is 10.8. The molecule has 0 saturated heterocycles. The van der Waals surface area contributed by atoms with Crippen LogP contribution in [0.2, 0.25) is 0 Å². The van der Waals surface area contributed by atoms with Crippen molar-refractivity contribution in [3.8, 4) is 11.5 Å². The van der Waals surface area contributed by atoms with Crippen molar-refractivity contribution in [3.05, 3.63) is 41.6 Å². The first-order chi connectivity index (χ1) is 10.3. The van der Waals surface area contributed by atoms with E-state index in [0.717, 1.165) is 17.1 Å². The molecule has 0 atom stereocenters. The molecule has 1 N–H and O–H groups in total. The Morgan fingerprint density at radius 2 is 2.10 bits per heavy atom. The van der Waals surface area contributed by atoms with Crippen molar-refractivity contribution in [2.45, 2.75) is 6.54 Å². The van der Waals surface area contributed by atoms with Crippen LogP contribution in [0.4, 0.5) is 5.82 Å². The van der Waals surface area contributed by atoms with Crippen LogP contribution in [0.1, 0.15) is 16.1 Å². The molecule has 0 radical (unpaired) electrons. The third kappa shape index (κ3) is 2.86. The molecule has 0 amide bonds. The highest BCUT2D eigenvalue weighted by atomic mass is 16.7. The fraction of sp³-hybridized carbons (Fsp3) is 0.214. The Bertz CT molecular complexity index is 658. The van der Waals surface area contributed by atoms with E-state index in [4.69, 9.17) is 9.47 Å². The number of rotatable bonds is 4. The van der Waals surface area contributed by atoms with Crippen molar-refractivity contribution >= 4 is 11.8 Å². The molecule has 21 heavy (non-hydrogen) atoms. The number of hydrogen-bond acceptors (Lipinski definition) is 7. The number of nitrogens with zero attached hydrogens (tertiary/aromatic N) is 2. The summed E-state index contributed by atoms with van der Waals surface area (Å²) >= 11 is 0. The van der Waals surface area contributed by atoms with E-state index in [1.165, 1.54) is 7.11 Å².